The lowest BCUT2D eigenvalue weighted by Gasteiger charge is -2.13. The molecule has 104 valence electrons. The molecular formula is C14H22N4O. The molecule has 1 aromatic rings. The Morgan fingerprint density at radius 1 is 1.37 bits per heavy atom. The van der Waals surface area contributed by atoms with Gasteiger partial charge in [0.1, 0.15) is 5.82 Å². The highest BCUT2D eigenvalue weighted by Gasteiger charge is 2.18. The first-order valence-electron chi connectivity index (χ1n) is 7.10. The van der Waals surface area contributed by atoms with E-state index in [1.165, 1.54) is 12.8 Å². The molecule has 1 saturated carbocycles. The standard InChI is InChI=1S/C14H22N4O/c1-3-10(2)15-13-9-8-12(17-18-13)14(19)16-11-6-4-5-7-11/h8-11H,3-7H2,1-2H3,(H,15,18)(H,16,19). The van der Waals surface area contributed by atoms with Crippen LogP contribution in [-0.4, -0.2) is 28.2 Å². The van der Waals surface area contributed by atoms with E-state index in [1.54, 1.807) is 6.07 Å². The summed E-state index contributed by atoms with van der Waals surface area (Å²) < 4.78 is 0. The second kappa shape index (κ2) is 6.50. The van der Waals surface area contributed by atoms with Gasteiger partial charge in [0.25, 0.3) is 5.91 Å². The topological polar surface area (TPSA) is 66.9 Å². The smallest absolute Gasteiger partial charge is 0.272 e. The van der Waals surface area contributed by atoms with E-state index in [0.29, 0.717) is 23.6 Å². The van der Waals surface area contributed by atoms with E-state index in [0.717, 1.165) is 19.3 Å². The van der Waals surface area contributed by atoms with Gasteiger partial charge in [-0.3, -0.25) is 4.79 Å². The lowest BCUT2D eigenvalue weighted by atomic mass is 10.2. The van der Waals surface area contributed by atoms with Crippen LogP contribution in [0.2, 0.25) is 0 Å². The molecule has 1 atom stereocenters. The van der Waals surface area contributed by atoms with Crippen LogP contribution in [-0.2, 0) is 0 Å². The lowest BCUT2D eigenvalue weighted by molar-refractivity contribution is 0.0932. The molecule has 0 radical (unpaired) electrons. The van der Waals surface area contributed by atoms with Gasteiger partial charge in [0.15, 0.2) is 5.69 Å². The summed E-state index contributed by atoms with van der Waals surface area (Å²) in [6.45, 7) is 4.19. The summed E-state index contributed by atoms with van der Waals surface area (Å²) in [4.78, 5) is 12.0. The molecule has 0 saturated heterocycles. The number of rotatable bonds is 5. The Balaban J connectivity index is 1.91. The van der Waals surface area contributed by atoms with Gasteiger partial charge in [-0.15, -0.1) is 10.2 Å². The molecule has 0 aliphatic heterocycles. The van der Waals surface area contributed by atoms with Gasteiger partial charge in [0.2, 0.25) is 0 Å². The normalized spacial score (nSPS) is 17.2. The van der Waals surface area contributed by atoms with Crippen molar-refractivity contribution in [3.05, 3.63) is 17.8 Å². The Hall–Kier alpha value is -1.65. The van der Waals surface area contributed by atoms with Crippen molar-refractivity contribution in [1.29, 1.82) is 0 Å². The molecule has 1 amide bonds. The van der Waals surface area contributed by atoms with Gasteiger partial charge in [0, 0.05) is 12.1 Å². The maximum absolute atomic E-state index is 12.0. The minimum Gasteiger partial charge on any atom is -0.366 e. The molecule has 0 spiro atoms. The molecule has 19 heavy (non-hydrogen) atoms. The molecule has 2 N–H and O–H groups in total. The molecule has 1 aliphatic rings. The molecule has 1 heterocycles. The summed E-state index contributed by atoms with van der Waals surface area (Å²) in [5, 5.41) is 14.3. The van der Waals surface area contributed by atoms with Gasteiger partial charge in [-0.2, -0.15) is 0 Å². The van der Waals surface area contributed by atoms with Crippen LogP contribution in [0.3, 0.4) is 0 Å². The first-order valence-corrected chi connectivity index (χ1v) is 7.10. The summed E-state index contributed by atoms with van der Waals surface area (Å²) in [5.74, 6) is 0.598. The zero-order valence-corrected chi connectivity index (χ0v) is 11.6. The van der Waals surface area contributed by atoms with Crippen LogP contribution < -0.4 is 10.6 Å². The molecular weight excluding hydrogens is 240 g/mol. The third-order valence-electron chi connectivity index (χ3n) is 3.59. The van der Waals surface area contributed by atoms with Crippen LogP contribution in [0.4, 0.5) is 5.82 Å². The first kappa shape index (κ1) is 13.8. The Morgan fingerprint density at radius 2 is 2.11 bits per heavy atom. The molecule has 1 unspecified atom stereocenters. The summed E-state index contributed by atoms with van der Waals surface area (Å²) in [5.41, 5.74) is 0.390. The van der Waals surface area contributed by atoms with E-state index in [1.807, 2.05) is 6.07 Å². The van der Waals surface area contributed by atoms with Crippen molar-refractivity contribution >= 4 is 11.7 Å². The number of anilines is 1. The number of hydrogen-bond donors (Lipinski definition) is 2. The fourth-order valence-corrected chi connectivity index (χ4v) is 2.21. The monoisotopic (exact) mass is 262 g/mol. The third kappa shape index (κ3) is 3.91. The number of carbonyl (C=O) groups is 1. The molecule has 1 fully saturated rings. The van der Waals surface area contributed by atoms with Crippen LogP contribution in [0.15, 0.2) is 12.1 Å². The predicted molar refractivity (Wildman–Crippen MR) is 75.1 cm³/mol. The number of hydrogen-bond acceptors (Lipinski definition) is 4. The molecule has 5 heteroatoms. The van der Waals surface area contributed by atoms with Crippen LogP contribution in [0.1, 0.15) is 56.4 Å². The average molecular weight is 262 g/mol. The number of nitrogens with one attached hydrogen (secondary N) is 2. The van der Waals surface area contributed by atoms with Crippen LogP contribution in [0.25, 0.3) is 0 Å². The van der Waals surface area contributed by atoms with E-state index in [2.05, 4.69) is 34.7 Å². The molecule has 2 rings (SSSR count). The molecule has 0 bridgehead atoms. The van der Waals surface area contributed by atoms with Crippen LogP contribution in [0, 0.1) is 0 Å². The third-order valence-corrected chi connectivity index (χ3v) is 3.59. The Bertz CT molecular complexity index is 412. The fraction of sp³-hybridized carbons (Fsp3) is 0.643. The maximum atomic E-state index is 12.0. The number of carbonyl (C=O) groups excluding carboxylic acids is 1. The van der Waals surface area contributed by atoms with Crippen LogP contribution >= 0.6 is 0 Å². The minimum atomic E-state index is -0.116. The van der Waals surface area contributed by atoms with Crippen molar-refractivity contribution < 1.29 is 4.79 Å². The van der Waals surface area contributed by atoms with Gasteiger partial charge in [-0.1, -0.05) is 19.8 Å². The fourth-order valence-electron chi connectivity index (χ4n) is 2.21. The predicted octanol–water partition coefficient (Wildman–Crippen LogP) is 2.36. The van der Waals surface area contributed by atoms with E-state index in [4.69, 9.17) is 0 Å². The highest BCUT2D eigenvalue weighted by atomic mass is 16.2. The van der Waals surface area contributed by atoms with E-state index in [-0.39, 0.29) is 5.91 Å². The van der Waals surface area contributed by atoms with Crippen molar-refractivity contribution in [1.82, 2.24) is 15.5 Å². The van der Waals surface area contributed by atoms with Crippen molar-refractivity contribution in [2.75, 3.05) is 5.32 Å². The summed E-state index contributed by atoms with van der Waals surface area (Å²) in [6.07, 6.45) is 5.58. The molecule has 5 nitrogen and oxygen atoms in total. The number of aromatic nitrogens is 2. The number of nitrogens with zero attached hydrogens (tertiary/aromatic N) is 2. The zero-order chi connectivity index (χ0) is 13.7. The summed E-state index contributed by atoms with van der Waals surface area (Å²) >= 11 is 0. The summed E-state index contributed by atoms with van der Waals surface area (Å²) in [7, 11) is 0. The molecule has 1 aromatic heterocycles. The minimum absolute atomic E-state index is 0.116. The highest BCUT2D eigenvalue weighted by molar-refractivity contribution is 5.92. The van der Waals surface area contributed by atoms with E-state index < -0.39 is 0 Å². The van der Waals surface area contributed by atoms with Crippen molar-refractivity contribution in [2.45, 2.75) is 58.0 Å². The highest BCUT2D eigenvalue weighted by Crippen LogP contribution is 2.18. The molecule has 1 aliphatic carbocycles. The van der Waals surface area contributed by atoms with E-state index in [9.17, 15) is 4.79 Å². The maximum Gasteiger partial charge on any atom is 0.272 e. The van der Waals surface area contributed by atoms with Crippen molar-refractivity contribution in [2.24, 2.45) is 0 Å². The quantitative estimate of drug-likeness (QED) is 0.855. The first-order chi connectivity index (χ1) is 9.19. The average Bonchev–Trinajstić information content (AvgIpc) is 2.92. The summed E-state index contributed by atoms with van der Waals surface area (Å²) in [6, 6.07) is 4.20. The van der Waals surface area contributed by atoms with E-state index >= 15 is 0 Å². The Kier molecular flexibility index (Phi) is 4.71. The SMILES string of the molecule is CCC(C)Nc1ccc(C(=O)NC2CCCC2)nn1. The van der Waals surface area contributed by atoms with Crippen molar-refractivity contribution in [3.63, 3.8) is 0 Å². The lowest BCUT2D eigenvalue weighted by Crippen LogP contribution is -2.33. The van der Waals surface area contributed by atoms with Gasteiger partial charge in [-0.05, 0) is 38.3 Å². The second-order valence-corrected chi connectivity index (χ2v) is 5.21. The zero-order valence-electron chi connectivity index (χ0n) is 11.6. The second-order valence-electron chi connectivity index (χ2n) is 5.21. The van der Waals surface area contributed by atoms with Crippen molar-refractivity contribution in [3.8, 4) is 0 Å². The molecule has 0 aromatic carbocycles. The van der Waals surface area contributed by atoms with Gasteiger partial charge in [0.05, 0.1) is 0 Å². The van der Waals surface area contributed by atoms with Gasteiger partial charge in [-0.25, -0.2) is 0 Å². The largest absolute Gasteiger partial charge is 0.366 e. The Morgan fingerprint density at radius 3 is 2.68 bits per heavy atom. The van der Waals surface area contributed by atoms with Gasteiger partial charge >= 0.3 is 0 Å². The number of amides is 1. The van der Waals surface area contributed by atoms with Crippen LogP contribution in [0.5, 0.6) is 0 Å². The van der Waals surface area contributed by atoms with Gasteiger partial charge < -0.3 is 10.6 Å². The Labute approximate surface area is 114 Å².